The zero-order valence-electron chi connectivity index (χ0n) is 17.3. The third kappa shape index (κ3) is 3.97. The number of nitrogens with one attached hydrogen (secondary N) is 1. The Morgan fingerprint density at radius 1 is 1.37 bits per heavy atom. The number of H-pyrrole nitrogens is 1. The molecule has 4 rings (SSSR count). The first-order chi connectivity index (χ1) is 14.5. The molecule has 0 aliphatic carbocycles. The Morgan fingerprint density at radius 2 is 2.20 bits per heavy atom. The van der Waals surface area contributed by atoms with Crippen molar-refractivity contribution in [2.45, 2.75) is 36.7 Å². The summed E-state index contributed by atoms with van der Waals surface area (Å²) in [4.78, 5) is 13.8. The highest BCUT2D eigenvalue weighted by molar-refractivity contribution is 7.90. The molecular weight excluding hydrogens is 407 g/mol. The lowest BCUT2D eigenvalue weighted by molar-refractivity contribution is 0.180. The van der Waals surface area contributed by atoms with Crippen molar-refractivity contribution in [3.05, 3.63) is 41.5 Å². The largest absolute Gasteiger partial charge is 0.609 e. The third-order valence-electron chi connectivity index (χ3n) is 5.54. The van der Waals surface area contributed by atoms with Gasteiger partial charge in [-0.2, -0.15) is 4.98 Å². The summed E-state index contributed by atoms with van der Waals surface area (Å²) in [5.41, 5.74) is 3.15. The highest BCUT2D eigenvalue weighted by Crippen LogP contribution is 2.32. The molecule has 2 aromatic heterocycles. The topological polar surface area (TPSA) is 86.3 Å². The number of methoxy groups -OCH3 is 2. The van der Waals surface area contributed by atoms with E-state index < -0.39 is 11.2 Å². The molecule has 1 fully saturated rings. The van der Waals surface area contributed by atoms with Crippen LogP contribution in [0.25, 0.3) is 11.0 Å². The predicted octanol–water partition coefficient (Wildman–Crippen LogP) is 3.34. The van der Waals surface area contributed by atoms with Crippen LogP contribution in [0.15, 0.2) is 29.6 Å². The Morgan fingerprint density at radius 3 is 2.97 bits per heavy atom. The fourth-order valence-electron chi connectivity index (χ4n) is 3.96. The lowest BCUT2D eigenvalue weighted by Crippen LogP contribution is -2.33. The van der Waals surface area contributed by atoms with E-state index in [0.717, 1.165) is 24.9 Å². The van der Waals surface area contributed by atoms with E-state index >= 15 is 0 Å². The van der Waals surface area contributed by atoms with Gasteiger partial charge in [0.2, 0.25) is 0 Å². The number of benzene rings is 1. The van der Waals surface area contributed by atoms with Crippen molar-refractivity contribution in [3.63, 3.8) is 0 Å². The molecule has 3 aromatic rings. The van der Waals surface area contributed by atoms with E-state index in [1.807, 2.05) is 11.8 Å². The number of rotatable bonds is 7. The van der Waals surface area contributed by atoms with Crippen molar-refractivity contribution in [1.29, 1.82) is 0 Å². The van der Waals surface area contributed by atoms with Crippen LogP contribution in [-0.2, 0) is 21.7 Å². The highest BCUT2D eigenvalue weighted by Gasteiger charge is 2.28. The molecule has 1 saturated heterocycles. The molecule has 1 N–H and O–H groups in total. The molecule has 0 spiro atoms. The van der Waals surface area contributed by atoms with E-state index in [1.54, 1.807) is 32.5 Å². The van der Waals surface area contributed by atoms with Gasteiger partial charge in [0, 0.05) is 42.7 Å². The van der Waals surface area contributed by atoms with Crippen molar-refractivity contribution in [2.75, 3.05) is 32.3 Å². The Balaban J connectivity index is 1.60. The number of ether oxygens (including phenoxy) is 2. The fraction of sp³-hybridized carbons (Fsp3) is 0.429. The predicted molar refractivity (Wildman–Crippen MR) is 114 cm³/mol. The number of aromatic amines is 1. The van der Waals surface area contributed by atoms with Crippen LogP contribution >= 0.6 is 0 Å². The molecule has 0 saturated carbocycles. The quantitative estimate of drug-likeness (QED) is 0.577. The van der Waals surface area contributed by atoms with Gasteiger partial charge in [-0.3, -0.25) is 9.97 Å². The molecular formula is C21H25FN4O3S. The first kappa shape index (κ1) is 20.9. The minimum absolute atomic E-state index is 0.150. The van der Waals surface area contributed by atoms with Gasteiger partial charge in [0.25, 0.3) is 0 Å². The van der Waals surface area contributed by atoms with Crippen molar-refractivity contribution in [3.8, 4) is 5.75 Å². The molecule has 2 atom stereocenters. The molecule has 7 nitrogen and oxygen atoms in total. The van der Waals surface area contributed by atoms with E-state index in [9.17, 15) is 8.94 Å². The lowest BCUT2D eigenvalue weighted by Gasteiger charge is -2.26. The molecule has 3 heterocycles. The first-order valence-electron chi connectivity index (χ1n) is 9.83. The van der Waals surface area contributed by atoms with E-state index in [4.69, 9.17) is 9.47 Å². The Bertz CT molecular complexity index is 1040. The SMILES string of the molecule is COCC1CCCN1c1cc2nc([S+]([O-])Cc3nccc(OC)c3C)[nH]c2cc1F. The molecule has 1 aliphatic heterocycles. The van der Waals surface area contributed by atoms with Crippen molar-refractivity contribution >= 4 is 27.9 Å². The van der Waals surface area contributed by atoms with Crippen LogP contribution in [0.4, 0.5) is 10.1 Å². The average Bonchev–Trinajstić information content (AvgIpc) is 3.35. The van der Waals surface area contributed by atoms with Gasteiger partial charge >= 0.3 is 5.16 Å². The molecule has 160 valence electrons. The summed E-state index contributed by atoms with van der Waals surface area (Å²) in [6.45, 7) is 3.21. The second kappa shape index (κ2) is 8.79. The number of aromatic nitrogens is 3. The van der Waals surface area contributed by atoms with Gasteiger partial charge in [-0.1, -0.05) is 0 Å². The van der Waals surface area contributed by atoms with E-state index in [-0.39, 0.29) is 17.6 Å². The van der Waals surface area contributed by atoms with Crippen molar-refractivity contribution < 1.29 is 18.4 Å². The normalized spacial score (nSPS) is 17.6. The Kier molecular flexibility index (Phi) is 6.12. The zero-order chi connectivity index (χ0) is 21.3. The maximum absolute atomic E-state index is 14.8. The number of halogens is 1. The highest BCUT2D eigenvalue weighted by atomic mass is 32.2. The van der Waals surface area contributed by atoms with Crippen molar-refractivity contribution in [2.24, 2.45) is 0 Å². The summed E-state index contributed by atoms with van der Waals surface area (Å²) in [5.74, 6) is 0.571. The molecule has 0 amide bonds. The number of fused-ring (bicyclic) bond motifs is 1. The molecule has 1 aromatic carbocycles. The minimum atomic E-state index is -1.45. The molecule has 0 radical (unpaired) electrons. The van der Waals surface area contributed by atoms with Gasteiger partial charge in [-0.15, -0.1) is 0 Å². The fourth-order valence-corrected chi connectivity index (χ4v) is 5.06. The average molecular weight is 433 g/mol. The number of nitrogens with zero attached hydrogens (tertiary/aromatic N) is 3. The van der Waals surface area contributed by atoms with Crippen LogP contribution in [0.1, 0.15) is 24.1 Å². The first-order valence-corrected chi connectivity index (χ1v) is 11.2. The van der Waals surface area contributed by atoms with E-state index in [2.05, 4.69) is 15.0 Å². The van der Waals surface area contributed by atoms with Gasteiger partial charge in [0.05, 0.1) is 42.2 Å². The lowest BCUT2D eigenvalue weighted by atomic mass is 10.2. The second-order valence-corrected chi connectivity index (χ2v) is 8.75. The number of pyridine rings is 1. The van der Waals surface area contributed by atoms with Crippen LogP contribution in [0.5, 0.6) is 5.75 Å². The molecule has 30 heavy (non-hydrogen) atoms. The number of hydrogen-bond acceptors (Lipinski definition) is 6. The standard InChI is InChI=1S/C21H25FN4O3S/c1-13-18(23-7-6-20(13)29-3)12-30(27)21-24-16-9-15(22)19(10-17(16)25-21)26-8-4-5-14(26)11-28-2/h6-7,9-10,14H,4-5,8,11-12H2,1-3H3,(H,24,25). The molecule has 1 aliphatic rings. The van der Waals surface area contributed by atoms with Gasteiger partial charge in [-0.05, 0) is 31.9 Å². The summed E-state index contributed by atoms with van der Waals surface area (Å²) in [5, 5.41) is 0.306. The maximum Gasteiger partial charge on any atom is 0.322 e. The van der Waals surface area contributed by atoms with Crippen molar-refractivity contribution in [1.82, 2.24) is 15.0 Å². The summed E-state index contributed by atoms with van der Waals surface area (Å²) >= 11 is -1.45. The molecule has 0 bridgehead atoms. The summed E-state index contributed by atoms with van der Waals surface area (Å²) in [7, 11) is 3.25. The number of anilines is 1. The third-order valence-corrected chi connectivity index (χ3v) is 6.70. The monoisotopic (exact) mass is 432 g/mol. The van der Waals surface area contributed by atoms with Crippen LogP contribution in [0, 0.1) is 12.7 Å². The Labute approximate surface area is 177 Å². The van der Waals surface area contributed by atoms with Gasteiger partial charge < -0.3 is 18.9 Å². The Hall–Kier alpha value is -2.36. The molecule has 2 unspecified atom stereocenters. The van der Waals surface area contributed by atoms with Crippen LogP contribution in [0.2, 0.25) is 0 Å². The van der Waals surface area contributed by atoms with Crippen LogP contribution in [-0.4, -0.2) is 52.9 Å². The van der Waals surface area contributed by atoms with E-state index in [0.29, 0.717) is 39.9 Å². The number of hydrogen-bond donors (Lipinski definition) is 1. The molecule has 9 heteroatoms. The summed E-state index contributed by atoms with van der Waals surface area (Å²) in [6, 6.07) is 5.07. The minimum Gasteiger partial charge on any atom is -0.609 e. The van der Waals surface area contributed by atoms with Gasteiger partial charge in [0.15, 0.2) is 5.75 Å². The summed E-state index contributed by atoms with van der Waals surface area (Å²) < 4.78 is 38.3. The summed E-state index contributed by atoms with van der Waals surface area (Å²) in [6.07, 6.45) is 3.59. The number of imidazole rings is 1. The van der Waals surface area contributed by atoms with Crippen LogP contribution in [0.3, 0.4) is 0 Å². The smallest absolute Gasteiger partial charge is 0.322 e. The zero-order valence-corrected chi connectivity index (χ0v) is 18.1. The van der Waals surface area contributed by atoms with E-state index in [1.165, 1.54) is 6.07 Å². The maximum atomic E-state index is 14.8. The van der Waals surface area contributed by atoms with Crippen LogP contribution < -0.4 is 9.64 Å². The van der Waals surface area contributed by atoms with Gasteiger partial charge in [-0.25, -0.2) is 4.39 Å². The second-order valence-electron chi connectivity index (χ2n) is 7.38. The van der Waals surface area contributed by atoms with Gasteiger partial charge in [0.1, 0.15) is 11.6 Å².